The van der Waals surface area contributed by atoms with Gasteiger partial charge in [0.25, 0.3) is 5.91 Å². The van der Waals surface area contributed by atoms with Gasteiger partial charge in [0.05, 0.1) is 11.6 Å². The number of halogens is 2. The van der Waals surface area contributed by atoms with Gasteiger partial charge in [-0.25, -0.2) is 0 Å². The van der Waals surface area contributed by atoms with Crippen molar-refractivity contribution < 1.29 is 9.59 Å². The number of nitrogens with zero attached hydrogens (tertiary/aromatic N) is 2. The van der Waals surface area contributed by atoms with Crippen LogP contribution in [0, 0.1) is 0 Å². The molecule has 0 radical (unpaired) electrons. The molecule has 1 aliphatic heterocycles. The minimum atomic E-state index is -0.0672. The van der Waals surface area contributed by atoms with Gasteiger partial charge in [-0.15, -0.1) is 11.3 Å². The Balaban J connectivity index is 1.32. The fraction of sp³-hybridized carbons (Fsp3) is 0.304. The molecule has 31 heavy (non-hydrogen) atoms. The molecule has 2 aromatic carbocycles. The molecule has 0 unspecified atom stereocenters. The van der Waals surface area contributed by atoms with Gasteiger partial charge in [0.1, 0.15) is 4.88 Å². The number of rotatable bonds is 5. The van der Waals surface area contributed by atoms with E-state index in [1.54, 1.807) is 11.0 Å². The van der Waals surface area contributed by atoms with Crippen LogP contribution in [-0.2, 0) is 11.2 Å². The number of nitrogens with one attached hydrogen (secondary N) is 1. The molecule has 0 aliphatic carbocycles. The van der Waals surface area contributed by atoms with Crippen molar-refractivity contribution in [3.63, 3.8) is 0 Å². The summed E-state index contributed by atoms with van der Waals surface area (Å²) in [5, 5.41) is 4.89. The highest BCUT2D eigenvalue weighted by Crippen LogP contribution is 2.37. The number of carbonyl (C=O) groups is 2. The zero-order chi connectivity index (χ0) is 22.0. The molecule has 0 atom stereocenters. The Morgan fingerprint density at radius 1 is 1.03 bits per heavy atom. The first kappa shape index (κ1) is 22.1. The van der Waals surface area contributed by atoms with Crippen molar-refractivity contribution in [2.45, 2.75) is 13.3 Å². The molecule has 4 rings (SSSR count). The summed E-state index contributed by atoms with van der Waals surface area (Å²) in [4.78, 5) is 29.8. The van der Waals surface area contributed by atoms with Crippen molar-refractivity contribution >= 4 is 62.1 Å². The molecule has 5 nitrogen and oxygen atoms in total. The number of thiophene rings is 1. The lowest BCUT2D eigenvalue weighted by molar-refractivity contribution is -0.117. The van der Waals surface area contributed by atoms with E-state index in [-0.39, 0.29) is 11.8 Å². The largest absolute Gasteiger partial charge is 0.335 e. The zero-order valence-electron chi connectivity index (χ0n) is 17.2. The van der Waals surface area contributed by atoms with E-state index in [1.165, 1.54) is 16.9 Å². The molecule has 162 valence electrons. The maximum atomic E-state index is 13.0. The second-order valence-corrected chi connectivity index (χ2v) is 9.42. The quantitative estimate of drug-likeness (QED) is 0.553. The van der Waals surface area contributed by atoms with Gasteiger partial charge < -0.3 is 10.2 Å². The van der Waals surface area contributed by atoms with Crippen LogP contribution in [-0.4, -0.2) is 54.3 Å². The summed E-state index contributed by atoms with van der Waals surface area (Å²) in [6.07, 6.45) is 0.970. The lowest BCUT2D eigenvalue weighted by Crippen LogP contribution is -2.50. The van der Waals surface area contributed by atoms with Crippen molar-refractivity contribution in [3.05, 3.63) is 63.0 Å². The van der Waals surface area contributed by atoms with Gasteiger partial charge in [0.15, 0.2) is 0 Å². The molecule has 1 fully saturated rings. The Labute approximate surface area is 195 Å². The maximum absolute atomic E-state index is 13.0. The first-order chi connectivity index (χ1) is 14.9. The third-order valence-electron chi connectivity index (χ3n) is 5.46. The van der Waals surface area contributed by atoms with Crippen LogP contribution in [0.2, 0.25) is 10.0 Å². The van der Waals surface area contributed by atoms with E-state index in [1.807, 2.05) is 36.4 Å². The van der Waals surface area contributed by atoms with E-state index in [2.05, 4.69) is 17.1 Å². The number of aryl methyl sites for hydroxylation is 1. The summed E-state index contributed by atoms with van der Waals surface area (Å²) in [5.41, 5.74) is 2.04. The SMILES string of the molecule is CCc1ccc(NC(=O)CN2CCN(C(=O)c3sc4cc(Cl)ccc4c3Cl)CC2)cc1. The van der Waals surface area contributed by atoms with Gasteiger partial charge in [-0.05, 0) is 36.2 Å². The van der Waals surface area contributed by atoms with E-state index < -0.39 is 0 Å². The van der Waals surface area contributed by atoms with Crippen molar-refractivity contribution in [1.82, 2.24) is 9.80 Å². The van der Waals surface area contributed by atoms with E-state index in [0.717, 1.165) is 22.2 Å². The van der Waals surface area contributed by atoms with Gasteiger partial charge in [-0.2, -0.15) is 0 Å². The summed E-state index contributed by atoms with van der Waals surface area (Å²) in [6, 6.07) is 13.3. The van der Waals surface area contributed by atoms with Gasteiger partial charge in [-0.3, -0.25) is 14.5 Å². The highest BCUT2D eigenvalue weighted by Gasteiger charge is 2.26. The normalized spacial score (nSPS) is 14.7. The molecule has 1 aromatic heterocycles. The van der Waals surface area contributed by atoms with Crippen molar-refractivity contribution in [1.29, 1.82) is 0 Å². The van der Waals surface area contributed by atoms with Gasteiger partial charge >= 0.3 is 0 Å². The number of carbonyl (C=O) groups excluding carboxylic acids is 2. The highest BCUT2D eigenvalue weighted by atomic mass is 35.5. The summed E-state index contributed by atoms with van der Waals surface area (Å²) in [6.45, 7) is 4.80. The molecule has 8 heteroatoms. The summed E-state index contributed by atoms with van der Waals surface area (Å²) in [5.74, 6) is -0.115. The number of fused-ring (bicyclic) bond motifs is 1. The van der Waals surface area contributed by atoms with Gasteiger partial charge in [-0.1, -0.05) is 48.3 Å². The molecule has 1 saturated heterocycles. The average Bonchev–Trinajstić information content (AvgIpc) is 3.09. The number of hydrogen-bond acceptors (Lipinski definition) is 4. The second kappa shape index (κ2) is 9.57. The van der Waals surface area contributed by atoms with Crippen LogP contribution in [0.5, 0.6) is 0 Å². The van der Waals surface area contributed by atoms with Crippen LogP contribution >= 0.6 is 34.5 Å². The minimum absolute atomic E-state index is 0.0477. The van der Waals surface area contributed by atoms with Crippen LogP contribution in [0.3, 0.4) is 0 Å². The maximum Gasteiger partial charge on any atom is 0.265 e. The van der Waals surface area contributed by atoms with E-state index >= 15 is 0 Å². The standard InChI is InChI=1S/C23H23Cl2N3O2S/c1-2-15-3-6-17(7-4-15)26-20(29)14-27-9-11-28(12-10-27)23(30)22-21(25)18-8-5-16(24)13-19(18)31-22/h3-8,13H,2,9-12,14H2,1H3,(H,26,29). The summed E-state index contributed by atoms with van der Waals surface area (Å²) < 4.78 is 0.906. The van der Waals surface area contributed by atoms with Crippen LogP contribution in [0.15, 0.2) is 42.5 Å². The average molecular weight is 476 g/mol. The number of piperazine rings is 1. The molecule has 2 heterocycles. The monoisotopic (exact) mass is 475 g/mol. The predicted molar refractivity (Wildman–Crippen MR) is 129 cm³/mol. The first-order valence-electron chi connectivity index (χ1n) is 10.2. The lowest BCUT2D eigenvalue weighted by Gasteiger charge is -2.34. The Hall–Kier alpha value is -2.12. The van der Waals surface area contributed by atoms with Gasteiger partial charge in [0, 0.05) is 47.0 Å². The van der Waals surface area contributed by atoms with Crippen LogP contribution < -0.4 is 5.32 Å². The second-order valence-electron chi connectivity index (χ2n) is 7.55. The molecule has 3 aromatic rings. The Bertz CT molecular complexity index is 1110. The number of hydrogen-bond donors (Lipinski definition) is 1. The van der Waals surface area contributed by atoms with Gasteiger partial charge in [0.2, 0.25) is 5.91 Å². The molecule has 1 aliphatic rings. The van der Waals surface area contributed by atoms with Crippen LogP contribution in [0.25, 0.3) is 10.1 Å². The van der Waals surface area contributed by atoms with Crippen molar-refractivity contribution in [3.8, 4) is 0 Å². The number of anilines is 1. The highest BCUT2D eigenvalue weighted by molar-refractivity contribution is 7.21. The molecule has 0 spiro atoms. The predicted octanol–water partition coefficient (Wildman–Crippen LogP) is 5.17. The van der Waals surface area contributed by atoms with Crippen LogP contribution in [0.4, 0.5) is 5.69 Å². The first-order valence-corrected chi connectivity index (χ1v) is 11.8. The topological polar surface area (TPSA) is 52.7 Å². The lowest BCUT2D eigenvalue weighted by atomic mass is 10.1. The fourth-order valence-electron chi connectivity index (χ4n) is 3.66. The minimum Gasteiger partial charge on any atom is -0.335 e. The molecule has 1 N–H and O–H groups in total. The fourth-order valence-corrected chi connectivity index (χ4v) is 5.41. The smallest absolute Gasteiger partial charge is 0.265 e. The van der Waals surface area contributed by atoms with E-state index in [0.29, 0.717) is 47.6 Å². The zero-order valence-corrected chi connectivity index (χ0v) is 19.5. The Morgan fingerprint density at radius 2 is 1.74 bits per heavy atom. The number of amides is 2. The van der Waals surface area contributed by atoms with E-state index in [9.17, 15) is 9.59 Å². The number of benzene rings is 2. The third-order valence-corrected chi connectivity index (χ3v) is 7.34. The summed E-state index contributed by atoms with van der Waals surface area (Å²) in [7, 11) is 0. The third kappa shape index (κ3) is 5.04. The van der Waals surface area contributed by atoms with Crippen LogP contribution in [0.1, 0.15) is 22.2 Å². The molecular formula is C23H23Cl2N3O2S. The summed E-state index contributed by atoms with van der Waals surface area (Å²) >= 11 is 13.9. The Morgan fingerprint density at radius 3 is 2.42 bits per heavy atom. The van der Waals surface area contributed by atoms with Crippen molar-refractivity contribution in [2.24, 2.45) is 0 Å². The molecule has 0 bridgehead atoms. The molecular weight excluding hydrogens is 453 g/mol. The molecule has 2 amide bonds. The Kier molecular flexibility index (Phi) is 6.82. The molecule has 0 saturated carbocycles. The van der Waals surface area contributed by atoms with E-state index in [4.69, 9.17) is 23.2 Å². The van der Waals surface area contributed by atoms with Crippen molar-refractivity contribution in [2.75, 3.05) is 38.0 Å².